The Hall–Kier alpha value is -3.42. The molecular weight excluding hydrogens is 328 g/mol. The zero-order valence-electron chi connectivity index (χ0n) is 13.5. The number of esters is 1. The summed E-state index contributed by atoms with van der Waals surface area (Å²) >= 11 is 0. The predicted molar refractivity (Wildman–Crippen MR) is 87.9 cm³/mol. The van der Waals surface area contributed by atoms with Crippen molar-refractivity contribution in [2.24, 2.45) is 0 Å². The number of imide groups is 1. The van der Waals surface area contributed by atoms with Gasteiger partial charge in [0.15, 0.2) is 5.43 Å². The first kappa shape index (κ1) is 16.4. The van der Waals surface area contributed by atoms with Gasteiger partial charge in [0, 0.05) is 30.5 Å². The van der Waals surface area contributed by atoms with E-state index in [2.05, 4.69) is 10.1 Å². The van der Waals surface area contributed by atoms with Crippen molar-refractivity contribution in [3.63, 3.8) is 0 Å². The number of fused-ring (bicyclic) bond motifs is 1. The first-order valence-corrected chi connectivity index (χ1v) is 7.35. The first-order valence-electron chi connectivity index (χ1n) is 7.35. The molecular formula is C17H14N2O6. The molecule has 2 aromatic rings. The second-order valence-corrected chi connectivity index (χ2v) is 5.42. The zero-order chi connectivity index (χ0) is 18.1. The number of hydrogen-bond donors (Lipinski definition) is 1. The lowest BCUT2D eigenvalue weighted by atomic mass is 10.2. The molecule has 25 heavy (non-hydrogen) atoms. The molecule has 3 rings (SSSR count). The van der Waals surface area contributed by atoms with E-state index in [0.29, 0.717) is 11.4 Å². The molecule has 0 saturated heterocycles. The molecule has 8 nitrogen and oxygen atoms in total. The van der Waals surface area contributed by atoms with Crippen LogP contribution in [0.25, 0.3) is 11.0 Å². The maximum Gasteiger partial charge on any atom is 0.374 e. The molecule has 8 heteroatoms. The minimum atomic E-state index is -0.736. The highest BCUT2D eigenvalue weighted by Gasteiger charge is 2.24. The Morgan fingerprint density at radius 3 is 2.64 bits per heavy atom. The molecule has 2 heterocycles. The number of carbonyl (C=O) groups is 3. The third-order valence-electron chi connectivity index (χ3n) is 3.69. The van der Waals surface area contributed by atoms with Gasteiger partial charge in [0.05, 0.1) is 19.0 Å². The number of ether oxygens (including phenoxy) is 1. The molecule has 1 aliphatic rings. The molecule has 1 aromatic heterocycles. The summed E-state index contributed by atoms with van der Waals surface area (Å²) in [7, 11) is 1.19. The van der Waals surface area contributed by atoms with Gasteiger partial charge in [-0.1, -0.05) is 0 Å². The predicted octanol–water partition coefficient (Wildman–Crippen LogP) is 1.26. The minimum absolute atomic E-state index is 0.141. The molecule has 0 bridgehead atoms. The van der Waals surface area contributed by atoms with Crippen LogP contribution in [-0.2, 0) is 14.3 Å². The van der Waals surface area contributed by atoms with Gasteiger partial charge >= 0.3 is 5.97 Å². The van der Waals surface area contributed by atoms with Crippen molar-refractivity contribution in [2.45, 2.75) is 6.92 Å². The number of nitrogens with zero attached hydrogens (tertiary/aromatic N) is 1. The van der Waals surface area contributed by atoms with Crippen LogP contribution in [0.1, 0.15) is 17.5 Å². The van der Waals surface area contributed by atoms with Crippen molar-refractivity contribution >= 4 is 34.4 Å². The first-order chi connectivity index (χ1) is 11.9. The second-order valence-electron chi connectivity index (χ2n) is 5.42. The van der Waals surface area contributed by atoms with Crippen molar-refractivity contribution < 1.29 is 23.5 Å². The number of hydrogen-bond acceptors (Lipinski definition) is 7. The lowest BCUT2D eigenvalue weighted by Crippen LogP contribution is -2.31. The second kappa shape index (κ2) is 6.23. The van der Waals surface area contributed by atoms with Gasteiger partial charge in [0.1, 0.15) is 5.58 Å². The van der Waals surface area contributed by atoms with Crippen LogP contribution in [0.2, 0.25) is 0 Å². The van der Waals surface area contributed by atoms with Gasteiger partial charge in [-0.15, -0.1) is 0 Å². The number of rotatable bonds is 3. The van der Waals surface area contributed by atoms with Crippen molar-refractivity contribution in [1.29, 1.82) is 0 Å². The van der Waals surface area contributed by atoms with Gasteiger partial charge in [-0.05, 0) is 18.2 Å². The molecule has 1 aromatic carbocycles. The van der Waals surface area contributed by atoms with E-state index in [1.54, 1.807) is 12.1 Å². The Bertz CT molecular complexity index is 988. The zero-order valence-corrected chi connectivity index (χ0v) is 13.5. The number of anilines is 1. The summed E-state index contributed by atoms with van der Waals surface area (Å²) < 4.78 is 9.90. The lowest BCUT2D eigenvalue weighted by molar-refractivity contribution is -0.138. The number of nitrogens with one attached hydrogen (secondary N) is 1. The largest absolute Gasteiger partial charge is 0.463 e. The van der Waals surface area contributed by atoms with Gasteiger partial charge in [-0.3, -0.25) is 19.3 Å². The summed E-state index contributed by atoms with van der Waals surface area (Å²) in [4.78, 5) is 47.8. The Morgan fingerprint density at radius 1 is 1.24 bits per heavy atom. The fraction of sp³-hybridized carbons (Fsp3) is 0.176. The van der Waals surface area contributed by atoms with Crippen LogP contribution in [0.15, 0.2) is 45.3 Å². The SMILES string of the molecule is COC(=O)c1cc(=O)c2cc(NC3=CC(=O)N(C(C)=O)C3)ccc2o1. The van der Waals surface area contributed by atoms with Crippen molar-refractivity contribution in [3.05, 3.63) is 52.0 Å². The van der Waals surface area contributed by atoms with Crippen LogP contribution in [0, 0.1) is 0 Å². The van der Waals surface area contributed by atoms with E-state index in [9.17, 15) is 19.2 Å². The van der Waals surface area contributed by atoms with Crippen LogP contribution in [0.5, 0.6) is 0 Å². The molecule has 1 aliphatic heterocycles. The Morgan fingerprint density at radius 2 is 2.00 bits per heavy atom. The summed E-state index contributed by atoms with van der Waals surface area (Å²) in [6, 6.07) is 5.78. The standard InChI is InChI=1S/C17H14N2O6/c1-9(20)19-8-11(6-16(19)22)18-10-3-4-14-12(5-10)13(21)7-15(25-14)17(23)24-2/h3-7,18H,8H2,1-2H3. The third kappa shape index (κ3) is 3.14. The minimum Gasteiger partial charge on any atom is -0.463 e. The molecule has 0 saturated carbocycles. The Balaban J connectivity index is 1.90. The Kier molecular flexibility index (Phi) is 4.10. The van der Waals surface area contributed by atoms with Crippen molar-refractivity contribution in [1.82, 2.24) is 4.90 Å². The molecule has 128 valence electrons. The monoisotopic (exact) mass is 342 g/mol. The number of amides is 2. The number of methoxy groups -OCH3 is 1. The molecule has 0 fully saturated rings. The van der Waals surface area contributed by atoms with E-state index in [1.165, 1.54) is 26.2 Å². The molecule has 0 aliphatic carbocycles. The van der Waals surface area contributed by atoms with Gasteiger partial charge < -0.3 is 14.5 Å². The number of carbonyl (C=O) groups excluding carboxylic acids is 3. The van der Waals surface area contributed by atoms with Gasteiger partial charge in [-0.2, -0.15) is 0 Å². The summed E-state index contributed by atoms with van der Waals surface area (Å²) in [6.07, 6.45) is 1.33. The van der Waals surface area contributed by atoms with Crippen molar-refractivity contribution in [3.8, 4) is 0 Å². The molecule has 0 radical (unpaired) electrons. The normalized spacial score (nSPS) is 13.8. The van der Waals surface area contributed by atoms with E-state index >= 15 is 0 Å². The van der Waals surface area contributed by atoms with E-state index in [1.807, 2.05) is 0 Å². The summed E-state index contributed by atoms with van der Waals surface area (Å²) in [5.41, 5.74) is 0.928. The van der Waals surface area contributed by atoms with E-state index in [-0.39, 0.29) is 29.2 Å². The van der Waals surface area contributed by atoms with Crippen LogP contribution in [0.3, 0.4) is 0 Å². The number of benzene rings is 1. The van der Waals surface area contributed by atoms with E-state index < -0.39 is 17.3 Å². The average molecular weight is 342 g/mol. The highest BCUT2D eigenvalue weighted by molar-refractivity contribution is 6.03. The van der Waals surface area contributed by atoms with Crippen LogP contribution in [0.4, 0.5) is 5.69 Å². The summed E-state index contributed by atoms with van der Waals surface area (Å²) in [6.45, 7) is 1.46. The highest BCUT2D eigenvalue weighted by Crippen LogP contribution is 2.21. The fourth-order valence-corrected chi connectivity index (χ4v) is 2.48. The van der Waals surface area contributed by atoms with Gasteiger partial charge in [0.2, 0.25) is 11.7 Å². The fourth-order valence-electron chi connectivity index (χ4n) is 2.48. The molecule has 2 amide bonds. The molecule has 1 N–H and O–H groups in total. The summed E-state index contributed by atoms with van der Waals surface area (Å²) in [5, 5.41) is 3.27. The third-order valence-corrected chi connectivity index (χ3v) is 3.69. The maximum atomic E-state index is 12.2. The average Bonchev–Trinajstić information content (AvgIpc) is 2.95. The van der Waals surface area contributed by atoms with Crippen molar-refractivity contribution in [2.75, 3.05) is 19.0 Å². The smallest absolute Gasteiger partial charge is 0.374 e. The van der Waals surface area contributed by atoms with Gasteiger partial charge in [-0.25, -0.2) is 4.79 Å². The highest BCUT2D eigenvalue weighted by atomic mass is 16.5. The molecule has 0 unspecified atom stereocenters. The molecule has 0 atom stereocenters. The maximum absolute atomic E-state index is 12.2. The summed E-state index contributed by atoms with van der Waals surface area (Å²) in [5.74, 6) is -1.65. The molecule has 0 spiro atoms. The van der Waals surface area contributed by atoms with Gasteiger partial charge in [0.25, 0.3) is 5.91 Å². The van der Waals surface area contributed by atoms with Crippen LogP contribution < -0.4 is 10.7 Å². The lowest BCUT2D eigenvalue weighted by Gasteiger charge is -2.12. The Labute approximate surface area is 141 Å². The van der Waals surface area contributed by atoms with E-state index in [0.717, 1.165) is 11.0 Å². The van der Waals surface area contributed by atoms with E-state index in [4.69, 9.17) is 4.42 Å². The topological polar surface area (TPSA) is 106 Å². The quantitative estimate of drug-likeness (QED) is 0.837. The van der Waals surface area contributed by atoms with Crippen LogP contribution in [-0.4, -0.2) is 36.3 Å². The van der Waals surface area contributed by atoms with Crippen LogP contribution >= 0.6 is 0 Å².